The summed E-state index contributed by atoms with van der Waals surface area (Å²) >= 11 is 0. The first-order valence-corrected chi connectivity index (χ1v) is 6.49. The van der Waals surface area contributed by atoms with E-state index in [-0.39, 0.29) is 11.7 Å². The van der Waals surface area contributed by atoms with E-state index in [0.717, 1.165) is 37.2 Å². The highest BCUT2D eigenvalue weighted by Gasteiger charge is 2.24. The van der Waals surface area contributed by atoms with Gasteiger partial charge < -0.3 is 14.8 Å². The molecule has 1 saturated heterocycles. The number of Topliss-reactive ketones (excluding diaryl/α,β-unsaturated/α-hetero) is 1. The van der Waals surface area contributed by atoms with Gasteiger partial charge in [-0.15, -0.1) is 0 Å². The van der Waals surface area contributed by atoms with E-state index < -0.39 is 0 Å². The Balaban J connectivity index is 1.84. The van der Waals surface area contributed by atoms with Crippen molar-refractivity contribution in [2.24, 2.45) is 5.92 Å². The van der Waals surface area contributed by atoms with E-state index in [9.17, 15) is 4.79 Å². The number of ketones is 1. The van der Waals surface area contributed by atoms with Crippen molar-refractivity contribution in [2.75, 3.05) is 26.3 Å². The Bertz CT molecular complexity index is 452. The standard InChI is InChI=1S/C14H17NO3/c16-14(11-4-5-15-9-11)10-2-3-12-13(8-10)18-7-1-6-17-12/h2-3,8,11,15H,1,4-7,9H2. The summed E-state index contributed by atoms with van der Waals surface area (Å²) in [6, 6.07) is 5.51. The maximum absolute atomic E-state index is 12.3. The van der Waals surface area contributed by atoms with Crippen molar-refractivity contribution < 1.29 is 14.3 Å². The quantitative estimate of drug-likeness (QED) is 0.807. The van der Waals surface area contributed by atoms with Gasteiger partial charge in [-0.2, -0.15) is 0 Å². The topological polar surface area (TPSA) is 47.6 Å². The van der Waals surface area contributed by atoms with Gasteiger partial charge in [0.25, 0.3) is 0 Å². The minimum absolute atomic E-state index is 0.106. The zero-order chi connectivity index (χ0) is 12.4. The van der Waals surface area contributed by atoms with E-state index in [0.29, 0.717) is 19.0 Å². The number of carbonyl (C=O) groups is 1. The molecule has 1 atom stereocenters. The molecule has 1 N–H and O–H groups in total. The van der Waals surface area contributed by atoms with E-state index in [2.05, 4.69) is 5.32 Å². The van der Waals surface area contributed by atoms with Gasteiger partial charge >= 0.3 is 0 Å². The fourth-order valence-corrected chi connectivity index (χ4v) is 2.43. The Labute approximate surface area is 106 Å². The molecule has 1 aromatic carbocycles. The second-order valence-corrected chi connectivity index (χ2v) is 4.77. The largest absolute Gasteiger partial charge is 0.490 e. The molecule has 0 bridgehead atoms. The molecule has 96 valence electrons. The van der Waals surface area contributed by atoms with Gasteiger partial charge in [0.15, 0.2) is 17.3 Å². The molecule has 1 fully saturated rings. The maximum atomic E-state index is 12.3. The molecule has 0 spiro atoms. The molecule has 4 heteroatoms. The van der Waals surface area contributed by atoms with Gasteiger partial charge in [-0.05, 0) is 31.2 Å². The second-order valence-electron chi connectivity index (χ2n) is 4.77. The van der Waals surface area contributed by atoms with Gasteiger partial charge in [0.05, 0.1) is 13.2 Å². The molecule has 3 rings (SSSR count). The zero-order valence-electron chi connectivity index (χ0n) is 10.3. The molecule has 0 aromatic heterocycles. The highest BCUT2D eigenvalue weighted by Crippen LogP contribution is 2.31. The van der Waals surface area contributed by atoms with Crippen LogP contribution in [0.25, 0.3) is 0 Å². The van der Waals surface area contributed by atoms with Crippen LogP contribution in [-0.2, 0) is 0 Å². The van der Waals surface area contributed by atoms with Crippen LogP contribution in [0.4, 0.5) is 0 Å². The van der Waals surface area contributed by atoms with Crippen LogP contribution in [0.3, 0.4) is 0 Å². The monoisotopic (exact) mass is 247 g/mol. The van der Waals surface area contributed by atoms with E-state index in [1.807, 2.05) is 18.2 Å². The fourth-order valence-electron chi connectivity index (χ4n) is 2.43. The van der Waals surface area contributed by atoms with Crippen molar-refractivity contribution in [3.05, 3.63) is 23.8 Å². The normalized spacial score (nSPS) is 22.6. The fraction of sp³-hybridized carbons (Fsp3) is 0.500. The van der Waals surface area contributed by atoms with Crippen molar-refractivity contribution >= 4 is 5.78 Å². The first-order valence-electron chi connectivity index (χ1n) is 6.49. The van der Waals surface area contributed by atoms with Crippen LogP contribution in [0, 0.1) is 5.92 Å². The van der Waals surface area contributed by atoms with Crippen LogP contribution in [0.1, 0.15) is 23.2 Å². The van der Waals surface area contributed by atoms with Crippen LogP contribution in [0.15, 0.2) is 18.2 Å². The van der Waals surface area contributed by atoms with Gasteiger partial charge in [0, 0.05) is 24.4 Å². The summed E-state index contributed by atoms with van der Waals surface area (Å²) in [6.07, 6.45) is 1.80. The van der Waals surface area contributed by atoms with Crippen molar-refractivity contribution in [3.63, 3.8) is 0 Å². The maximum Gasteiger partial charge on any atom is 0.167 e. The number of hydrogen-bond donors (Lipinski definition) is 1. The molecule has 2 aliphatic rings. The molecule has 2 heterocycles. The summed E-state index contributed by atoms with van der Waals surface area (Å²) in [6.45, 7) is 3.04. The number of carbonyl (C=O) groups excluding carboxylic acids is 1. The average Bonchev–Trinajstić information content (AvgIpc) is 2.83. The lowest BCUT2D eigenvalue weighted by molar-refractivity contribution is 0.0930. The third kappa shape index (κ3) is 2.20. The Kier molecular flexibility index (Phi) is 3.19. The minimum Gasteiger partial charge on any atom is -0.490 e. The lowest BCUT2D eigenvalue weighted by Gasteiger charge is -2.11. The Morgan fingerprint density at radius 2 is 2.06 bits per heavy atom. The molecule has 18 heavy (non-hydrogen) atoms. The summed E-state index contributed by atoms with van der Waals surface area (Å²) in [7, 11) is 0. The summed E-state index contributed by atoms with van der Waals surface area (Å²) in [5.41, 5.74) is 0.730. The highest BCUT2D eigenvalue weighted by atomic mass is 16.5. The van der Waals surface area contributed by atoms with E-state index in [1.54, 1.807) is 0 Å². The third-order valence-corrected chi connectivity index (χ3v) is 3.46. The molecular formula is C14H17NO3. The van der Waals surface area contributed by atoms with E-state index in [1.165, 1.54) is 0 Å². The first kappa shape index (κ1) is 11.5. The SMILES string of the molecule is O=C(c1ccc2c(c1)OCCCO2)C1CCNC1. The predicted octanol–water partition coefficient (Wildman–Crippen LogP) is 1.64. The van der Waals surface area contributed by atoms with Crippen molar-refractivity contribution in [3.8, 4) is 11.5 Å². The van der Waals surface area contributed by atoms with Gasteiger partial charge in [-0.3, -0.25) is 4.79 Å². The number of hydrogen-bond acceptors (Lipinski definition) is 4. The summed E-state index contributed by atoms with van der Waals surface area (Å²) < 4.78 is 11.2. The molecular weight excluding hydrogens is 230 g/mol. The lowest BCUT2D eigenvalue weighted by atomic mass is 9.97. The molecule has 0 amide bonds. The van der Waals surface area contributed by atoms with Gasteiger partial charge in [0.1, 0.15) is 0 Å². The predicted molar refractivity (Wildman–Crippen MR) is 67.4 cm³/mol. The molecule has 0 aliphatic carbocycles. The number of ether oxygens (including phenoxy) is 2. The number of benzene rings is 1. The zero-order valence-corrected chi connectivity index (χ0v) is 10.3. The smallest absolute Gasteiger partial charge is 0.167 e. The molecule has 1 aromatic rings. The van der Waals surface area contributed by atoms with Gasteiger partial charge in [-0.25, -0.2) is 0 Å². The number of rotatable bonds is 2. The average molecular weight is 247 g/mol. The highest BCUT2D eigenvalue weighted by molar-refractivity contribution is 5.98. The molecule has 2 aliphatic heterocycles. The lowest BCUT2D eigenvalue weighted by Crippen LogP contribution is -2.17. The number of fused-ring (bicyclic) bond motifs is 1. The van der Waals surface area contributed by atoms with Crippen LogP contribution < -0.4 is 14.8 Å². The van der Waals surface area contributed by atoms with E-state index >= 15 is 0 Å². The van der Waals surface area contributed by atoms with Crippen molar-refractivity contribution in [1.29, 1.82) is 0 Å². The Morgan fingerprint density at radius 1 is 1.22 bits per heavy atom. The molecule has 4 nitrogen and oxygen atoms in total. The van der Waals surface area contributed by atoms with Crippen LogP contribution in [0.5, 0.6) is 11.5 Å². The van der Waals surface area contributed by atoms with Crippen molar-refractivity contribution in [1.82, 2.24) is 5.32 Å². The van der Waals surface area contributed by atoms with Gasteiger partial charge in [-0.1, -0.05) is 0 Å². The van der Waals surface area contributed by atoms with Crippen molar-refractivity contribution in [2.45, 2.75) is 12.8 Å². The third-order valence-electron chi connectivity index (χ3n) is 3.46. The Morgan fingerprint density at radius 3 is 2.83 bits per heavy atom. The summed E-state index contributed by atoms with van der Waals surface area (Å²) in [5.74, 6) is 1.75. The summed E-state index contributed by atoms with van der Waals surface area (Å²) in [4.78, 5) is 12.3. The van der Waals surface area contributed by atoms with Gasteiger partial charge in [0.2, 0.25) is 0 Å². The second kappa shape index (κ2) is 4.98. The van der Waals surface area contributed by atoms with Crippen LogP contribution >= 0.6 is 0 Å². The Hall–Kier alpha value is -1.55. The molecule has 1 unspecified atom stereocenters. The molecule has 0 saturated carbocycles. The summed E-state index contributed by atoms with van der Waals surface area (Å²) in [5, 5.41) is 3.22. The molecule has 0 radical (unpaired) electrons. The van der Waals surface area contributed by atoms with Crippen LogP contribution in [0.2, 0.25) is 0 Å². The first-order chi connectivity index (χ1) is 8.84. The van der Waals surface area contributed by atoms with Crippen LogP contribution in [-0.4, -0.2) is 32.1 Å². The minimum atomic E-state index is 0.106. The van der Waals surface area contributed by atoms with E-state index in [4.69, 9.17) is 9.47 Å². The number of nitrogens with one attached hydrogen (secondary N) is 1.